The number of quaternary nitrogens is 2. The minimum atomic E-state index is -0.278. The lowest BCUT2D eigenvalue weighted by atomic mass is 10.1. The standard InChI is InChI=1S/C41H62N6O6/c1-4-46(33-36-22-12-14-24-38(36)44(50)51)28-18-8-6-7-9-19-29-47(5-2,34-37-23-13-15-25-39(37)45(52)53)31-21-11-17-27-43-40(48)32-35(3)42(41(43)49)26-16-10-20-30-46/h12-15,22-25,32H,4-11,16-21,26-31,33-34H2,1-3H3/q+2. The zero-order valence-corrected chi connectivity index (χ0v) is 32.4. The van der Waals surface area contributed by atoms with E-state index in [1.54, 1.807) is 34.9 Å². The van der Waals surface area contributed by atoms with Crippen LogP contribution < -0.4 is 11.2 Å². The van der Waals surface area contributed by atoms with Crippen molar-refractivity contribution < 1.29 is 18.8 Å². The summed E-state index contributed by atoms with van der Waals surface area (Å²) >= 11 is 0. The van der Waals surface area contributed by atoms with Gasteiger partial charge in [0.2, 0.25) is 0 Å². The molecule has 2 heterocycles. The molecule has 0 spiro atoms. The average Bonchev–Trinajstić information content (AvgIpc) is 3.14. The molecule has 3 aromatic rings. The molecule has 1 aromatic heterocycles. The Morgan fingerprint density at radius 1 is 0.585 bits per heavy atom. The molecule has 0 saturated carbocycles. The smallest absolute Gasteiger partial charge is 0.320 e. The van der Waals surface area contributed by atoms with Crippen LogP contribution in [0.3, 0.4) is 0 Å². The van der Waals surface area contributed by atoms with Gasteiger partial charge < -0.3 is 8.97 Å². The molecule has 2 bridgehead atoms. The Morgan fingerprint density at radius 3 is 1.38 bits per heavy atom. The maximum atomic E-state index is 13.6. The number of nitro groups is 2. The number of hydrogen-bond acceptors (Lipinski definition) is 6. The molecule has 0 fully saturated rings. The number of aryl methyl sites for hydroxylation is 1. The second kappa shape index (κ2) is 20.3. The highest BCUT2D eigenvalue weighted by atomic mass is 16.6. The Morgan fingerprint density at radius 2 is 0.962 bits per heavy atom. The molecule has 4 rings (SSSR count). The first-order valence-electron chi connectivity index (χ1n) is 20.0. The van der Waals surface area contributed by atoms with Crippen molar-refractivity contribution in [3.05, 3.63) is 112 Å². The van der Waals surface area contributed by atoms with Crippen LogP contribution in [-0.2, 0) is 26.2 Å². The lowest BCUT2D eigenvalue weighted by molar-refractivity contribution is -0.940. The van der Waals surface area contributed by atoms with E-state index < -0.39 is 0 Å². The fraction of sp³-hybridized carbons (Fsp3) is 0.610. The molecule has 0 amide bonds. The molecule has 290 valence electrons. The van der Waals surface area contributed by atoms with Crippen LogP contribution >= 0.6 is 0 Å². The van der Waals surface area contributed by atoms with Crippen LogP contribution in [0.1, 0.15) is 108 Å². The fourth-order valence-corrected chi connectivity index (χ4v) is 8.36. The lowest BCUT2D eigenvalue weighted by Crippen LogP contribution is -2.48. The number of benzene rings is 2. The van der Waals surface area contributed by atoms with Gasteiger partial charge in [-0.15, -0.1) is 0 Å². The van der Waals surface area contributed by atoms with Crippen LogP contribution in [0.5, 0.6) is 0 Å². The van der Waals surface area contributed by atoms with Crippen LogP contribution in [0, 0.1) is 27.2 Å². The zero-order valence-electron chi connectivity index (χ0n) is 32.4. The molecule has 0 aliphatic carbocycles. The largest absolute Gasteiger partial charge is 0.331 e. The summed E-state index contributed by atoms with van der Waals surface area (Å²) < 4.78 is 4.67. The third-order valence-corrected chi connectivity index (χ3v) is 11.8. The second-order valence-electron chi connectivity index (χ2n) is 15.3. The maximum Gasteiger partial charge on any atom is 0.331 e. The first-order chi connectivity index (χ1) is 25.5. The van der Waals surface area contributed by atoms with Crippen LogP contribution in [0.4, 0.5) is 11.4 Å². The SMILES string of the molecule is CC[N+]1(Cc2ccccc2[N+](=O)[O-])CCCCCCCC[N+](CC)(Cc2ccccc2[N+](=O)[O-])CCCCCn2c(=O)cc(C)n(c2=O)CCCCC1. The van der Waals surface area contributed by atoms with E-state index in [-0.39, 0.29) is 32.5 Å². The summed E-state index contributed by atoms with van der Waals surface area (Å²) in [6.07, 6.45) is 11.7. The molecule has 0 radical (unpaired) electrons. The van der Waals surface area contributed by atoms with E-state index in [1.165, 1.54) is 4.57 Å². The monoisotopic (exact) mass is 734 g/mol. The number of nitro benzene ring substituents is 2. The van der Waals surface area contributed by atoms with E-state index in [4.69, 9.17) is 0 Å². The Balaban J connectivity index is 1.55. The van der Waals surface area contributed by atoms with Crippen molar-refractivity contribution in [3.63, 3.8) is 0 Å². The van der Waals surface area contributed by atoms with E-state index in [1.807, 2.05) is 31.2 Å². The van der Waals surface area contributed by atoms with Gasteiger partial charge in [-0.05, 0) is 97.1 Å². The minimum absolute atomic E-state index is 0.172. The predicted molar refractivity (Wildman–Crippen MR) is 210 cm³/mol. The summed E-state index contributed by atoms with van der Waals surface area (Å²) in [5.74, 6) is 0. The molecule has 12 nitrogen and oxygen atoms in total. The van der Waals surface area contributed by atoms with Gasteiger partial charge in [-0.25, -0.2) is 4.79 Å². The van der Waals surface area contributed by atoms with Crippen molar-refractivity contribution in [3.8, 4) is 0 Å². The van der Waals surface area contributed by atoms with Gasteiger partial charge in [-0.2, -0.15) is 0 Å². The van der Waals surface area contributed by atoms with Gasteiger partial charge in [0.05, 0.1) is 60.2 Å². The van der Waals surface area contributed by atoms with Crippen LogP contribution in [0.15, 0.2) is 64.2 Å². The van der Waals surface area contributed by atoms with Gasteiger partial charge >= 0.3 is 5.69 Å². The molecule has 1 aliphatic rings. The Bertz CT molecular complexity index is 1770. The Hall–Kier alpha value is -4.16. The second-order valence-corrected chi connectivity index (χ2v) is 15.3. The van der Waals surface area contributed by atoms with Crippen molar-refractivity contribution >= 4 is 11.4 Å². The first kappa shape index (κ1) is 41.6. The van der Waals surface area contributed by atoms with Crippen molar-refractivity contribution in [2.75, 3.05) is 39.3 Å². The van der Waals surface area contributed by atoms with Crippen LogP contribution in [-0.4, -0.2) is 67.2 Å². The Labute approximate surface area is 314 Å². The van der Waals surface area contributed by atoms with Crippen molar-refractivity contribution in [2.45, 2.75) is 124 Å². The average molecular weight is 735 g/mol. The minimum Gasteiger partial charge on any atom is -0.320 e. The Kier molecular flexibility index (Phi) is 16.0. The molecule has 2 atom stereocenters. The lowest BCUT2D eigenvalue weighted by Gasteiger charge is -2.38. The van der Waals surface area contributed by atoms with Crippen LogP contribution in [0.2, 0.25) is 0 Å². The predicted octanol–water partition coefficient (Wildman–Crippen LogP) is 7.90. The van der Waals surface area contributed by atoms with Gasteiger partial charge in [0, 0.05) is 37.0 Å². The summed E-state index contributed by atoms with van der Waals surface area (Å²) in [6, 6.07) is 15.8. The van der Waals surface area contributed by atoms with E-state index in [0.717, 1.165) is 130 Å². The number of rotatable bonds is 8. The summed E-state index contributed by atoms with van der Waals surface area (Å²) in [7, 11) is 0. The highest BCUT2D eigenvalue weighted by Gasteiger charge is 2.30. The molecule has 2 aromatic carbocycles. The van der Waals surface area contributed by atoms with E-state index in [9.17, 15) is 29.8 Å². The number of aromatic nitrogens is 2. The summed E-state index contributed by atoms with van der Waals surface area (Å²) in [6.45, 7) is 13.8. The third kappa shape index (κ3) is 11.7. The molecule has 2 unspecified atom stereocenters. The number of para-hydroxylation sites is 2. The van der Waals surface area contributed by atoms with Crippen molar-refractivity contribution in [2.24, 2.45) is 0 Å². The number of nitrogens with zero attached hydrogens (tertiary/aromatic N) is 6. The molecular formula is C41H62N6O6+2. The highest BCUT2D eigenvalue weighted by molar-refractivity contribution is 5.40. The summed E-state index contributed by atoms with van der Waals surface area (Å²) in [5.41, 5.74) is 2.06. The normalized spacial score (nSPS) is 21.8. The van der Waals surface area contributed by atoms with Crippen LogP contribution in [0.25, 0.3) is 0 Å². The molecular weight excluding hydrogens is 672 g/mol. The zero-order chi connectivity index (χ0) is 38.3. The van der Waals surface area contributed by atoms with E-state index in [2.05, 4.69) is 13.8 Å². The molecule has 0 saturated heterocycles. The van der Waals surface area contributed by atoms with Gasteiger partial charge in [0.25, 0.3) is 16.9 Å². The molecule has 12 heteroatoms. The van der Waals surface area contributed by atoms with Crippen molar-refractivity contribution in [1.29, 1.82) is 0 Å². The summed E-state index contributed by atoms with van der Waals surface area (Å²) in [4.78, 5) is 49.8. The quantitative estimate of drug-likeness (QED) is 0.131. The van der Waals surface area contributed by atoms with E-state index >= 15 is 0 Å². The molecule has 0 N–H and O–H groups in total. The summed E-state index contributed by atoms with van der Waals surface area (Å²) in [5, 5.41) is 23.8. The third-order valence-electron chi connectivity index (χ3n) is 11.8. The van der Waals surface area contributed by atoms with Gasteiger partial charge in [0.15, 0.2) is 0 Å². The molecule has 53 heavy (non-hydrogen) atoms. The van der Waals surface area contributed by atoms with Gasteiger partial charge in [-0.1, -0.05) is 37.1 Å². The van der Waals surface area contributed by atoms with Gasteiger partial charge in [0.1, 0.15) is 13.1 Å². The molecule has 1 aliphatic heterocycles. The fourth-order valence-electron chi connectivity index (χ4n) is 8.36. The maximum absolute atomic E-state index is 13.6. The van der Waals surface area contributed by atoms with Gasteiger partial charge in [-0.3, -0.25) is 34.2 Å². The number of hydrogen-bond donors (Lipinski definition) is 0. The first-order valence-corrected chi connectivity index (χ1v) is 20.0. The highest BCUT2D eigenvalue weighted by Crippen LogP contribution is 2.27. The van der Waals surface area contributed by atoms with E-state index in [0.29, 0.717) is 38.3 Å². The topological polar surface area (TPSA) is 130 Å². The number of fused-ring (bicyclic) bond motifs is 2. The van der Waals surface area contributed by atoms with Crippen molar-refractivity contribution in [1.82, 2.24) is 9.13 Å².